The molecule has 1 fully saturated rings. The van der Waals surface area contributed by atoms with Crippen LogP contribution in [0.4, 0.5) is 11.4 Å². The van der Waals surface area contributed by atoms with Crippen molar-refractivity contribution in [2.75, 3.05) is 29.3 Å². The van der Waals surface area contributed by atoms with Crippen molar-refractivity contribution in [3.8, 4) is 0 Å². The fraction of sp³-hybridized carbons (Fsp3) is 0.364. The fourth-order valence-corrected chi connectivity index (χ4v) is 4.68. The zero-order chi connectivity index (χ0) is 22.6. The molecule has 1 saturated heterocycles. The number of hydrogen-bond acceptors (Lipinski definition) is 6. The van der Waals surface area contributed by atoms with Crippen LogP contribution in [0.2, 0.25) is 0 Å². The van der Waals surface area contributed by atoms with Crippen LogP contribution in [0.15, 0.2) is 47.4 Å². The summed E-state index contributed by atoms with van der Waals surface area (Å²) in [6.07, 6.45) is 1.41. The number of esters is 1. The Balaban J connectivity index is 1.85. The Morgan fingerprint density at radius 1 is 1.19 bits per heavy atom. The lowest BCUT2D eigenvalue weighted by molar-refractivity contribution is -0.148. The molecule has 1 aliphatic heterocycles. The van der Waals surface area contributed by atoms with Gasteiger partial charge < -0.3 is 14.7 Å². The lowest BCUT2D eigenvalue weighted by atomic mass is 9.97. The smallest absolute Gasteiger partial charge is 0.337 e. The molecule has 0 unspecified atom stereocenters. The first-order chi connectivity index (χ1) is 14.7. The van der Waals surface area contributed by atoms with Crippen molar-refractivity contribution in [3.63, 3.8) is 0 Å². The molecule has 0 spiro atoms. The number of nitrogens with one attached hydrogen (secondary N) is 1. The highest BCUT2D eigenvalue weighted by Gasteiger charge is 2.29. The minimum atomic E-state index is -3.85. The van der Waals surface area contributed by atoms with Gasteiger partial charge in [0, 0.05) is 18.8 Å². The van der Waals surface area contributed by atoms with Gasteiger partial charge in [0.2, 0.25) is 0 Å². The first-order valence-electron chi connectivity index (χ1n) is 10.1. The average molecular weight is 447 g/mol. The Hall–Kier alpha value is -3.07. The number of rotatable bonds is 7. The van der Waals surface area contributed by atoms with Crippen LogP contribution in [0.3, 0.4) is 0 Å². The van der Waals surface area contributed by atoms with E-state index in [2.05, 4.69) is 4.72 Å². The third-order valence-corrected chi connectivity index (χ3v) is 6.59. The number of carboxylic acids is 1. The van der Waals surface area contributed by atoms with Gasteiger partial charge in [0.25, 0.3) is 10.0 Å². The Kier molecular flexibility index (Phi) is 6.84. The minimum absolute atomic E-state index is 0.0337. The van der Waals surface area contributed by atoms with Crippen molar-refractivity contribution in [1.82, 2.24) is 0 Å². The maximum absolute atomic E-state index is 12.6. The summed E-state index contributed by atoms with van der Waals surface area (Å²) in [4.78, 5) is 26.0. The van der Waals surface area contributed by atoms with Crippen LogP contribution >= 0.6 is 0 Å². The zero-order valence-electron chi connectivity index (χ0n) is 17.5. The van der Waals surface area contributed by atoms with Crippen LogP contribution in [-0.2, 0) is 19.6 Å². The van der Waals surface area contributed by atoms with Gasteiger partial charge in [0.15, 0.2) is 0 Å². The Morgan fingerprint density at radius 2 is 1.90 bits per heavy atom. The van der Waals surface area contributed by atoms with Crippen LogP contribution in [-0.4, -0.2) is 45.2 Å². The van der Waals surface area contributed by atoms with Crippen LogP contribution < -0.4 is 9.62 Å². The highest BCUT2D eigenvalue weighted by atomic mass is 32.2. The number of sulfonamides is 1. The van der Waals surface area contributed by atoms with Crippen LogP contribution in [0.5, 0.6) is 0 Å². The molecule has 0 radical (unpaired) electrons. The van der Waals surface area contributed by atoms with Gasteiger partial charge in [-0.25, -0.2) is 13.2 Å². The van der Waals surface area contributed by atoms with Crippen molar-refractivity contribution in [2.45, 2.75) is 31.6 Å². The average Bonchev–Trinajstić information content (AvgIpc) is 2.74. The van der Waals surface area contributed by atoms with E-state index in [1.165, 1.54) is 24.3 Å². The summed E-state index contributed by atoms with van der Waals surface area (Å²) in [6, 6.07) is 10.8. The largest absolute Gasteiger partial charge is 0.478 e. The minimum Gasteiger partial charge on any atom is -0.478 e. The maximum atomic E-state index is 12.6. The van der Waals surface area contributed by atoms with E-state index in [0.717, 1.165) is 12.0 Å². The Labute approximate surface area is 181 Å². The summed E-state index contributed by atoms with van der Waals surface area (Å²) in [5.41, 5.74) is 1.49. The van der Waals surface area contributed by atoms with E-state index in [-0.39, 0.29) is 28.0 Å². The van der Waals surface area contributed by atoms with Gasteiger partial charge in [-0.3, -0.25) is 9.52 Å². The normalized spacial score (nSPS) is 16.6. The number of carbonyl (C=O) groups is 2. The molecule has 1 heterocycles. The SMILES string of the molecule is CCOC(=O)[C@@H]1CCCN(c2ccc(NS(=O)(=O)c3ccc(C)cc3)cc2C(=O)O)C1. The van der Waals surface area contributed by atoms with Crippen LogP contribution in [0, 0.1) is 12.8 Å². The number of carboxylic acid groups (broad SMARTS) is 1. The van der Waals surface area contributed by atoms with E-state index < -0.39 is 16.0 Å². The molecule has 9 heteroatoms. The highest BCUT2D eigenvalue weighted by molar-refractivity contribution is 7.92. The molecule has 0 saturated carbocycles. The van der Waals surface area contributed by atoms with E-state index in [0.29, 0.717) is 31.8 Å². The first kappa shape index (κ1) is 22.6. The molecular weight excluding hydrogens is 420 g/mol. The summed E-state index contributed by atoms with van der Waals surface area (Å²) >= 11 is 0. The van der Waals surface area contributed by atoms with E-state index in [9.17, 15) is 23.1 Å². The second-order valence-electron chi connectivity index (χ2n) is 7.49. The molecule has 31 heavy (non-hydrogen) atoms. The molecule has 2 N–H and O–H groups in total. The summed E-state index contributed by atoms with van der Waals surface area (Å²) in [7, 11) is -3.85. The van der Waals surface area contributed by atoms with Crippen molar-refractivity contribution >= 4 is 33.3 Å². The van der Waals surface area contributed by atoms with Gasteiger partial charge in [0.05, 0.1) is 28.7 Å². The Bertz CT molecular complexity index is 1070. The molecule has 3 rings (SSSR count). The van der Waals surface area contributed by atoms with Crippen LogP contribution in [0.25, 0.3) is 0 Å². The van der Waals surface area contributed by atoms with Crippen molar-refractivity contribution in [2.24, 2.45) is 5.92 Å². The third-order valence-electron chi connectivity index (χ3n) is 5.19. The number of hydrogen-bond donors (Lipinski definition) is 2. The van der Waals surface area contributed by atoms with Gasteiger partial charge in [0.1, 0.15) is 0 Å². The quantitative estimate of drug-likeness (QED) is 0.628. The molecule has 1 aliphatic rings. The molecule has 1 atom stereocenters. The number of nitrogens with zero attached hydrogens (tertiary/aromatic N) is 1. The van der Waals surface area contributed by atoms with Crippen LogP contribution in [0.1, 0.15) is 35.7 Å². The summed E-state index contributed by atoms with van der Waals surface area (Å²) in [5, 5.41) is 9.73. The number of aromatic carboxylic acids is 1. The van der Waals surface area contributed by atoms with E-state index in [1.807, 2.05) is 11.8 Å². The highest BCUT2D eigenvalue weighted by Crippen LogP contribution is 2.30. The summed E-state index contributed by atoms with van der Waals surface area (Å²) in [6.45, 7) is 4.86. The number of aryl methyl sites for hydroxylation is 1. The molecule has 8 nitrogen and oxygen atoms in total. The third kappa shape index (κ3) is 5.35. The maximum Gasteiger partial charge on any atom is 0.337 e. The molecule has 0 aromatic heterocycles. The van der Waals surface area contributed by atoms with E-state index >= 15 is 0 Å². The molecule has 166 valence electrons. The van der Waals surface area contributed by atoms with Crippen molar-refractivity contribution < 1.29 is 27.9 Å². The van der Waals surface area contributed by atoms with Gasteiger partial charge >= 0.3 is 11.9 Å². The summed E-state index contributed by atoms with van der Waals surface area (Å²) < 4.78 is 32.8. The molecule has 0 bridgehead atoms. The topological polar surface area (TPSA) is 113 Å². The molecule has 0 aliphatic carbocycles. The second kappa shape index (κ2) is 9.38. The van der Waals surface area contributed by atoms with Gasteiger partial charge in [-0.1, -0.05) is 17.7 Å². The first-order valence-corrected chi connectivity index (χ1v) is 11.6. The fourth-order valence-electron chi connectivity index (χ4n) is 3.63. The van der Waals surface area contributed by atoms with Gasteiger partial charge in [-0.15, -0.1) is 0 Å². The van der Waals surface area contributed by atoms with E-state index in [1.54, 1.807) is 25.1 Å². The van der Waals surface area contributed by atoms with Crippen molar-refractivity contribution in [1.29, 1.82) is 0 Å². The monoisotopic (exact) mass is 446 g/mol. The lowest BCUT2D eigenvalue weighted by Crippen LogP contribution is -2.40. The molecular formula is C22H26N2O6S. The number of piperidine rings is 1. The number of benzene rings is 2. The lowest BCUT2D eigenvalue weighted by Gasteiger charge is -2.34. The van der Waals surface area contributed by atoms with Gasteiger partial charge in [-0.2, -0.15) is 0 Å². The summed E-state index contributed by atoms with van der Waals surface area (Å²) in [5.74, 6) is -1.79. The molecule has 2 aromatic rings. The predicted molar refractivity (Wildman–Crippen MR) is 117 cm³/mol. The number of carbonyl (C=O) groups excluding carboxylic acids is 1. The predicted octanol–water partition coefficient (Wildman–Crippen LogP) is 3.27. The number of anilines is 2. The molecule has 0 amide bonds. The number of ether oxygens (including phenoxy) is 1. The zero-order valence-corrected chi connectivity index (χ0v) is 18.3. The standard InChI is InChI=1S/C22H26N2O6S/c1-3-30-22(27)16-5-4-12-24(14-16)20-11-8-17(13-19(20)21(25)26)23-31(28,29)18-9-6-15(2)7-10-18/h6-11,13,16,23H,3-5,12,14H2,1-2H3,(H,25,26)/t16-/m1/s1. The van der Waals surface area contributed by atoms with Gasteiger partial charge in [-0.05, 0) is 57.0 Å². The molecule has 2 aromatic carbocycles. The second-order valence-corrected chi connectivity index (χ2v) is 9.18. The van der Waals surface area contributed by atoms with E-state index in [4.69, 9.17) is 4.74 Å². The van der Waals surface area contributed by atoms with Crippen molar-refractivity contribution in [3.05, 3.63) is 53.6 Å². The Morgan fingerprint density at radius 3 is 2.55 bits per heavy atom.